The zero-order valence-electron chi connectivity index (χ0n) is 13.0. The van der Waals surface area contributed by atoms with Crippen LogP contribution in [0.2, 0.25) is 0 Å². The predicted octanol–water partition coefficient (Wildman–Crippen LogP) is 3.16. The molecule has 0 fully saturated rings. The lowest BCUT2D eigenvalue weighted by atomic mass is 9.91. The lowest BCUT2D eigenvalue weighted by molar-refractivity contribution is 0.390. The van der Waals surface area contributed by atoms with Gasteiger partial charge in [0, 0.05) is 29.9 Å². The molecule has 2 rings (SSSR count). The van der Waals surface area contributed by atoms with Gasteiger partial charge in [0.2, 0.25) is 0 Å². The summed E-state index contributed by atoms with van der Waals surface area (Å²) < 4.78 is 10.7. The Morgan fingerprint density at radius 2 is 1.71 bits per heavy atom. The Morgan fingerprint density at radius 1 is 1.05 bits per heavy atom. The number of rotatable bonds is 6. The normalized spacial score (nSPS) is 13.5. The molecule has 1 aromatic carbocycles. The molecule has 0 saturated carbocycles. The number of ether oxygens (including phenoxy) is 2. The summed E-state index contributed by atoms with van der Waals surface area (Å²) in [6.45, 7) is 2.16. The van der Waals surface area contributed by atoms with E-state index >= 15 is 0 Å². The highest BCUT2D eigenvalue weighted by atomic mass is 16.5. The summed E-state index contributed by atoms with van der Waals surface area (Å²) in [5.74, 6) is 1.81. The summed E-state index contributed by atoms with van der Waals surface area (Å²) in [5.41, 5.74) is 2.17. The highest BCUT2D eigenvalue weighted by Crippen LogP contribution is 2.33. The van der Waals surface area contributed by atoms with Gasteiger partial charge in [-0.05, 0) is 36.9 Å². The van der Waals surface area contributed by atoms with Crippen LogP contribution in [0, 0.1) is 0 Å². The Hall–Kier alpha value is -2.07. The third kappa shape index (κ3) is 3.52. The Balaban J connectivity index is 2.36. The minimum atomic E-state index is 0.129. The highest BCUT2D eigenvalue weighted by molar-refractivity contribution is 5.40. The monoisotopic (exact) mass is 286 g/mol. The van der Waals surface area contributed by atoms with Gasteiger partial charge in [-0.2, -0.15) is 0 Å². The van der Waals surface area contributed by atoms with Crippen molar-refractivity contribution in [1.82, 2.24) is 10.3 Å². The van der Waals surface area contributed by atoms with Gasteiger partial charge in [-0.15, -0.1) is 0 Å². The van der Waals surface area contributed by atoms with Crippen LogP contribution in [0.1, 0.15) is 30.1 Å². The van der Waals surface area contributed by atoms with Crippen LogP contribution in [0.3, 0.4) is 0 Å². The average Bonchev–Trinajstić information content (AvgIpc) is 2.55. The number of likely N-dealkylation sites (N-methyl/N-ethyl adjacent to an activating group) is 1. The number of nitrogens with zero attached hydrogens (tertiary/aromatic N) is 1. The van der Waals surface area contributed by atoms with Crippen LogP contribution in [0.5, 0.6) is 11.5 Å². The van der Waals surface area contributed by atoms with E-state index in [4.69, 9.17) is 9.47 Å². The molecule has 0 radical (unpaired) electrons. The Morgan fingerprint density at radius 3 is 2.19 bits per heavy atom. The molecule has 0 aliphatic carbocycles. The van der Waals surface area contributed by atoms with Crippen molar-refractivity contribution in [2.24, 2.45) is 0 Å². The molecule has 2 aromatic rings. The second-order valence-corrected chi connectivity index (χ2v) is 4.96. The minimum Gasteiger partial charge on any atom is -0.497 e. The van der Waals surface area contributed by atoms with Crippen molar-refractivity contribution in [1.29, 1.82) is 0 Å². The molecule has 21 heavy (non-hydrogen) atoms. The largest absolute Gasteiger partial charge is 0.497 e. The van der Waals surface area contributed by atoms with E-state index in [1.807, 2.05) is 49.6 Å². The molecule has 112 valence electrons. The second-order valence-electron chi connectivity index (χ2n) is 4.96. The first-order valence-corrected chi connectivity index (χ1v) is 7.00. The molecule has 0 aliphatic heterocycles. The van der Waals surface area contributed by atoms with Gasteiger partial charge >= 0.3 is 0 Å². The van der Waals surface area contributed by atoms with E-state index in [1.54, 1.807) is 14.2 Å². The molecule has 0 bridgehead atoms. The van der Waals surface area contributed by atoms with E-state index in [2.05, 4.69) is 17.2 Å². The third-order valence-electron chi connectivity index (χ3n) is 3.70. The van der Waals surface area contributed by atoms with Crippen molar-refractivity contribution < 1.29 is 9.47 Å². The van der Waals surface area contributed by atoms with Crippen molar-refractivity contribution in [3.63, 3.8) is 0 Å². The van der Waals surface area contributed by atoms with Gasteiger partial charge in [-0.3, -0.25) is 4.98 Å². The Labute approximate surface area is 126 Å². The summed E-state index contributed by atoms with van der Waals surface area (Å²) in [5, 5.41) is 3.37. The van der Waals surface area contributed by atoms with Gasteiger partial charge < -0.3 is 14.8 Å². The molecule has 1 N–H and O–H groups in total. The van der Waals surface area contributed by atoms with E-state index < -0.39 is 0 Å². The van der Waals surface area contributed by atoms with Crippen LogP contribution < -0.4 is 14.8 Å². The van der Waals surface area contributed by atoms with Crippen molar-refractivity contribution in [2.75, 3.05) is 21.3 Å². The van der Waals surface area contributed by atoms with Gasteiger partial charge in [0.05, 0.1) is 14.2 Å². The average molecular weight is 286 g/mol. The van der Waals surface area contributed by atoms with E-state index in [-0.39, 0.29) is 12.0 Å². The lowest BCUT2D eigenvalue weighted by Gasteiger charge is -2.24. The van der Waals surface area contributed by atoms with Gasteiger partial charge in [-0.25, -0.2) is 0 Å². The van der Waals surface area contributed by atoms with Gasteiger partial charge in [0.1, 0.15) is 11.5 Å². The summed E-state index contributed by atoms with van der Waals surface area (Å²) >= 11 is 0. The number of nitrogens with one attached hydrogen (secondary N) is 1. The maximum Gasteiger partial charge on any atom is 0.122 e. The van der Waals surface area contributed by atoms with Crippen molar-refractivity contribution in [3.8, 4) is 11.5 Å². The predicted molar refractivity (Wildman–Crippen MR) is 84.0 cm³/mol. The maximum absolute atomic E-state index is 5.35. The summed E-state index contributed by atoms with van der Waals surface area (Å²) in [6.07, 6.45) is 1.82. The molecule has 0 aliphatic rings. The number of hydrogen-bond donors (Lipinski definition) is 1. The summed E-state index contributed by atoms with van der Waals surface area (Å²) in [7, 11) is 5.28. The molecule has 0 amide bonds. The first-order valence-electron chi connectivity index (χ1n) is 7.00. The highest BCUT2D eigenvalue weighted by Gasteiger charge is 2.21. The summed E-state index contributed by atoms with van der Waals surface area (Å²) in [4.78, 5) is 4.46. The van der Waals surface area contributed by atoms with Crippen LogP contribution in [0.15, 0.2) is 42.6 Å². The van der Waals surface area contributed by atoms with Gasteiger partial charge in [-0.1, -0.05) is 13.0 Å². The number of aromatic nitrogens is 1. The molecule has 1 heterocycles. The fraction of sp³-hybridized carbons (Fsp3) is 0.353. The van der Waals surface area contributed by atoms with Crippen molar-refractivity contribution >= 4 is 0 Å². The Bertz CT molecular complexity index is 550. The van der Waals surface area contributed by atoms with Crippen LogP contribution in [0.25, 0.3) is 0 Å². The zero-order valence-corrected chi connectivity index (χ0v) is 13.0. The van der Waals surface area contributed by atoms with Crippen LogP contribution in [-0.4, -0.2) is 26.3 Å². The quantitative estimate of drug-likeness (QED) is 0.886. The van der Waals surface area contributed by atoms with E-state index in [0.717, 1.165) is 22.8 Å². The van der Waals surface area contributed by atoms with Crippen molar-refractivity contribution in [2.45, 2.75) is 18.9 Å². The van der Waals surface area contributed by atoms with Crippen LogP contribution in [-0.2, 0) is 0 Å². The zero-order chi connectivity index (χ0) is 15.2. The molecule has 4 heteroatoms. The Kier molecular flexibility index (Phi) is 5.17. The lowest BCUT2D eigenvalue weighted by Crippen LogP contribution is -2.23. The van der Waals surface area contributed by atoms with E-state index in [1.165, 1.54) is 0 Å². The number of benzene rings is 1. The first kappa shape index (κ1) is 15.3. The standard InChI is InChI=1S/C17H22N2O2/c1-12(16-7-5-6-8-19-16)17(18-2)13-9-14(20-3)11-15(10-13)21-4/h5-12,17-18H,1-4H3. The number of methoxy groups -OCH3 is 2. The van der Waals surface area contributed by atoms with Gasteiger partial charge in [0.15, 0.2) is 0 Å². The first-order chi connectivity index (χ1) is 10.2. The molecule has 0 saturated heterocycles. The minimum absolute atomic E-state index is 0.129. The molecule has 1 aromatic heterocycles. The smallest absolute Gasteiger partial charge is 0.122 e. The van der Waals surface area contributed by atoms with Crippen LogP contribution >= 0.6 is 0 Å². The summed E-state index contributed by atoms with van der Waals surface area (Å²) in [6, 6.07) is 12.1. The van der Waals surface area contributed by atoms with Crippen LogP contribution in [0.4, 0.5) is 0 Å². The SMILES string of the molecule is CNC(c1cc(OC)cc(OC)c1)C(C)c1ccccn1. The third-order valence-corrected chi connectivity index (χ3v) is 3.70. The molecule has 2 atom stereocenters. The number of pyridine rings is 1. The van der Waals surface area contributed by atoms with E-state index in [0.29, 0.717) is 0 Å². The van der Waals surface area contributed by atoms with Gasteiger partial charge in [0.25, 0.3) is 0 Å². The fourth-order valence-corrected chi connectivity index (χ4v) is 2.53. The fourth-order valence-electron chi connectivity index (χ4n) is 2.53. The second kappa shape index (κ2) is 7.09. The maximum atomic E-state index is 5.35. The van der Waals surface area contributed by atoms with Crippen molar-refractivity contribution in [3.05, 3.63) is 53.9 Å². The molecular formula is C17H22N2O2. The topological polar surface area (TPSA) is 43.4 Å². The van der Waals surface area contributed by atoms with E-state index in [9.17, 15) is 0 Å². The number of hydrogen-bond acceptors (Lipinski definition) is 4. The molecule has 4 nitrogen and oxygen atoms in total. The molecule has 0 spiro atoms. The molecular weight excluding hydrogens is 264 g/mol. The molecule has 2 unspecified atom stereocenters.